The van der Waals surface area contributed by atoms with E-state index < -0.39 is 0 Å². The molecule has 1 amide bonds. The maximum Gasteiger partial charge on any atom is 0.281 e. The number of nitrogens with one attached hydrogen (secondary N) is 2. The molecule has 3 atom stereocenters. The number of thiazole rings is 1. The van der Waals surface area contributed by atoms with Crippen LogP contribution in [-0.2, 0) is 16.0 Å². The van der Waals surface area contributed by atoms with Crippen LogP contribution in [0.25, 0.3) is 0 Å². The Morgan fingerprint density at radius 2 is 2.00 bits per heavy atom. The van der Waals surface area contributed by atoms with Crippen LogP contribution in [0, 0.1) is 5.82 Å². The van der Waals surface area contributed by atoms with E-state index in [0.29, 0.717) is 18.1 Å². The molecule has 7 heteroatoms. The van der Waals surface area contributed by atoms with Gasteiger partial charge in [0.15, 0.2) is 11.7 Å². The Bertz CT molecular complexity index is 709. The van der Waals surface area contributed by atoms with Crippen molar-refractivity contribution >= 4 is 22.4 Å². The van der Waals surface area contributed by atoms with Crippen LogP contribution in [0.15, 0.2) is 30.5 Å². The van der Waals surface area contributed by atoms with Gasteiger partial charge in [0.05, 0.1) is 0 Å². The average molecular weight is 364 g/mol. The number of nitrogens with zero attached hydrogens (tertiary/aromatic N) is 1. The zero-order valence-corrected chi connectivity index (χ0v) is 15.2. The first-order chi connectivity index (χ1) is 12.0. The molecular weight excluding hydrogens is 341 g/mol. The minimum Gasteiger partial charge on any atom is -0.364 e. The molecule has 25 heavy (non-hydrogen) atoms. The zero-order chi connectivity index (χ0) is 17.8. The summed E-state index contributed by atoms with van der Waals surface area (Å²) in [6.45, 7) is 6.17. The average Bonchev–Trinajstić information content (AvgIpc) is 2.95. The molecule has 5 nitrogen and oxygen atoms in total. The predicted octanol–water partition coefficient (Wildman–Crippen LogP) is 1.50. The van der Waals surface area contributed by atoms with Crippen LogP contribution >= 0.6 is 11.3 Å². The lowest BCUT2D eigenvalue weighted by atomic mass is 10.1. The Labute approximate surface area is 150 Å². The Hall–Kier alpha value is -1.83. The molecule has 1 aliphatic heterocycles. The highest BCUT2D eigenvalue weighted by Gasteiger charge is 2.27. The molecule has 2 aromatic rings. The first-order valence-electron chi connectivity index (χ1n) is 8.46. The third-order valence-electron chi connectivity index (χ3n) is 4.12. The van der Waals surface area contributed by atoms with Crippen molar-refractivity contribution in [1.82, 2.24) is 4.98 Å². The van der Waals surface area contributed by atoms with E-state index in [0.717, 1.165) is 23.5 Å². The van der Waals surface area contributed by atoms with E-state index in [2.05, 4.69) is 10.3 Å². The number of ether oxygens (including phenoxy) is 1. The molecule has 1 fully saturated rings. The number of carbonyl (C=O) groups excluding carboxylic acids is 1. The molecule has 0 saturated carbocycles. The highest BCUT2D eigenvalue weighted by molar-refractivity contribution is 7.15. The summed E-state index contributed by atoms with van der Waals surface area (Å²) < 4.78 is 18.6. The van der Waals surface area contributed by atoms with E-state index in [1.807, 2.05) is 13.8 Å². The van der Waals surface area contributed by atoms with E-state index >= 15 is 0 Å². The van der Waals surface area contributed by atoms with Crippen LogP contribution in [0.1, 0.15) is 24.3 Å². The van der Waals surface area contributed by atoms with Gasteiger partial charge in [-0.3, -0.25) is 10.1 Å². The van der Waals surface area contributed by atoms with Crippen LogP contribution < -0.4 is 10.2 Å². The number of rotatable bonds is 5. The minimum absolute atomic E-state index is 0.0287. The van der Waals surface area contributed by atoms with Crippen molar-refractivity contribution in [2.24, 2.45) is 0 Å². The maximum atomic E-state index is 12.9. The van der Waals surface area contributed by atoms with Crippen LogP contribution in [-0.4, -0.2) is 42.7 Å². The summed E-state index contributed by atoms with van der Waals surface area (Å²) in [5, 5.41) is 3.49. The fourth-order valence-corrected chi connectivity index (χ4v) is 4.04. The van der Waals surface area contributed by atoms with E-state index in [4.69, 9.17) is 4.74 Å². The van der Waals surface area contributed by atoms with Crippen molar-refractivity contribution in [1.29, 1.82) is 0 Å². The van der Waals surface area contributed by atoms with Crippen molar-refractivity contribution in [3.63, 3.8) is 0 Å². The van der Waals surface area contributed by atoms with Crippen molar-refractivity contribution in [3.05, 3.63) is 46.7 Å². The maximum absolute atomic E-state index is 12.9. The van der Waals surface area contributed by atoms with Gasteiger partial charge in [-0.15, -0.1) is 11.3 Å². The molecule has 1 unspecified atom stereocenters. The molecule has 1 aromatic heterocycles. The Balaban J connectivity index is 1.52. The number of anilines is 1. The molecule has 0 radical (unpaired) electrons. The number of halogens is 1. The van der Waals surface area contributed by atoms with Crippen molar-refractivity contribution < 1.29 is 18.8 Å². The Morgan fingerprint density at radius 1 is 1.32 bits per heavy atom. The minimum atomic E-state index is -0.241. The number of hydrogen-bond acceptors (Lipinski definition) is 4. The lowest BCUT2D eigenvalue weighted by Crippen LogP contribution is -3.16. The molecular formula is C18H23FN3O2S+. The fraction of sp³-hybridized carbons (Fsp3) is 0.444. The normalized spacial score (nSPS) is 23.4. The van der Waals surface area contributed by atoms with Gasteiger partial charge in [-0.1, -0.05) is 12.1 Å². The molecule has 1 saturated heterocycles. The van der Waals surface area contributed by atoms with Crippen molar-refractivity contribution in [3.8, 4) is 0 Å². The fourth-order valence-electron chi connectivity index (χ4n) is 3.17. The number of amides is 1. The van der Waals surface area contributed by atoms with Crippen molar-refractivity contribution in [2.75, 3.05) is 25.0 Å². The molecule has 0 spiro atoms. The van der Waals surface area contributed by atoms with Crippen LogP contribution in [0.2, 0.25) is 0 Å². The zero-order valence-electron chi connectivity index (χ0n) is 14.4. The first kappa shape index (κ1) is 18.0. The highest BCUT2D eigenvalue weighted by atomic mass is 32.1. The number of aromatic nitrogens is 1. The first-order valence-corrected chi connectivity index (χ1v) is 9.27. The van der Waals surface area contributed by atoms with E-state index in [1.54, 1.807) is 18.3 Å². The van der Waals surface area contributed by atoms with Gasteiger partial charge in [-0.25, -0.2) is 9.37 Å². The van der Waals surface area contributed by atoms with Gasteiger partial charge >= 0.3 is 0 Å². The second kappa shape index (κ2) is 8.03. The van der Waals surface area contributed by atoms with Gasteiger partial charge in [-0.2, -0.15) is 0 Å². The Kier molecular flexibility index (Phi) is 5.78. The van der Waals surface area contributed by atoms with Gasteiger partial charge in [0, 0.05) is 17.5 Å². The molecule has 1 aliphatic rings. The molecule has 2 heterocycles. The summed E-state index contributed by atoms with van der Waals surface area (Å²) in [5.41, 5.74) is 1.02. The lowest BCUT2D eigenvalue weighted by molar-refractivity contribution is -0.907. The SMILES string of the molecule is C[C@@H]1C[NH+](CC(=O)Nc2ncc(Cc3ccc(F)cc3)s2)C[C@H](C)O1. The monoisotopic (exact) mass is 364 g/mol. The summed E-state index contributed by atoms with van der Waals surface area (Å²) in [5.74, 6) is -0.269. The topological polar surface area (TPSA) is 55.7 Å². The van der Waals surface area contributed by atoms with E-state index in [1.165, 1.54) is 28.4 Å². The highest BCUT2D eigenvalue weighted by Crippen LogP contribution is 2.21. The predicted molar refractivity (Wildman–Crippen MR) is 95.5 cm³/mol. The van der Waals surface area contributed by atoms with Crippen LogP contribution in [0.5, 0.6) is 0 Å². The number of benzene rings is 1. The number of quaternary nitrogens is 1. The molecule has 3 rings (SSSR count). The summed E-state index contributed by atoms with van der Waals surface area (Å²) in [7, 11) is 0. The molecule has 2 N–H and O–H groups in total. The largest absolute Gasteiger partial charge is 0.364 e. The second-order valence-corrected chi connectivity index (χ2v) is 7.69. The lowest BCUT2D eigenvalue weighted by Gasteiger charge is -2.31. The van der Waals surface area contributed by atoms with Gasteiger partial charge in [0.25, 0.3) is 5.91 Å². The third kappa shape index (κ3) is 5.32. The third-order valence-corrected chi connectivity index (χ3v) is 5.03. The molecule has 134 valence electrons. The van der Waals surface area contributed by atoms with Crippen LogP contribution in [0.3, 0.4) is 0 Å². The van der Waals surface area contributed by atoms with Gasteiger partial charge in [0.1, 0.15) is 31.1 Å². The number of hydrogen-bond donors (Lipinski definition) is 2. The van der Waals surface area contributed by atoms with Gasteiger partial charge < -0.3 is 9.64 Å². The standard InChI is InChI=1S/C18H22FN3O2S/c1-12-9-22(10-13(2)24-12)11-17(23)21-18-20-8-16(25-18)7-14-3-5-15(19)6-4-14/h3-6,8,12-13H,7,9-11H2,1-2H3,(H,20,21,23)/p+1/t12-,13+. The summed E-state index contributed by atoms with van der Waals surface area (Å²) >= 11 is 1.45. The van der Waals surface area contributed by atoms with Crippen LogP contribution in [0.4, 0.5) is 9.52 Å². The second-order valence-electron chi connectivity index (χ2n) is 6.58. The summed E-state index contributed by atoms with van der Waals surface area (Å²) in [6.07, 6.45) is 2.79. The van der Waals surface area contributed by atoms with E-state index in [-0.39, 0.29) is 23.9 Å². The van der Waals surface area contributed by atoms with Gasteiger partial charge in [-0.05, 0) is 31.5 Å². The van der Waals surface area contributed by atoms with Crippen molar-refractivity contribution in [2.45, 2.75) is 32.5 Å². The summed E-state index contributed by atoms with van der Waals surface area (Å²) in [6, 6.07) is 6.42. The van der Waals surface area contributed by atoms with Gasteiger partial charge in [0.2, 0.25) is 0 Å². The molecule has 1 aromatic carbocycles. The summed E-state index contributed by atoms with van der Waals surface area (Å²) in [4.78, 5) is 18.8. The Morgan fingerprint density at radius 3 is 2.68 bits per heavy atom. The van der Waals surface area contributed by atoms with E-state index in [9.17, 15) is 9.18 Å². The number of morpholine rings is 1. The quantitative estimate of drug-likeness (QED) is 0.846. The molecule has 0 bridgehead atoms. The number of carbonyl (C=O) groups is 1. The smallest absolute Gasteiger partial charge is 0.281 e. The molecule has 0 aliphatic carbocycles.